The molecule has 0 saturated carbocycles. The van der Waals surface area contributed by atoms with Crippen LogP contribution in [0.15, 0.2) is 12.1 Å². The minimum atomic E-state index is -0.911. The Morgan fingerprint density at radius 1 is 1.33 bits per heavy atom. The lowest BCUT2D eigenvalue weighted by atomic mass is 9.83. The molecule has 4 heteroatoms. The first kappa shape index (κ1) is 12.9. The van der Waals surface area contributed by atoms with Gasteiger partial charge in [0.25, 0.3) is 0 Å². The Morgan fingerprint density at radius 3 is 2.44 bits per heavy atom. The van der Waals surface area contributed by atoms with Crippen molar-refractivity contribution in [3.05, 3.63) is 23.4 Å². The molecule has 0 atom stereocenters. The van der Waals surface area contributed by atoms with E-state index in [1.165, 1.54) is 0 Å². The number of aromatic carboxylic acids is 1. The van der Waals surface area contributed by atoms with E-state index >= 15 is 0 Å². The molecule has 98 valence electrons. The molecule has 4 nitrogen and oxygen atoms in total. The van der Waals surface area contributed by atoms with Crippen LogP contribution in [0.4, 0.5) is 5.82 Å². The Bertz CT molecular complexity index is 459. The summed E-state index contributed by atoms with van der Waals surface area (Å²) < 4.78 is 0. The van der Waals surface area contributed by atoms with E-state index < -0.39 is 5.97 Å². The van der Waals surface area contributed by atoms with Gasteiger partial charge in [-0.1, -0.05) is 13.8 Å². The highest BCUT2D eigenvalue weighted by Crippen LogP contribution is 2.31. The lowest BCUT2D eigenvalue weighted by molar-refractivity contribution is 0.0695. The predicted octanol–water partition coefficient (Wildman–Crippen LogP) is 2.71. The molecule has 1 aromatic rings. The first-order valence-electron chi connectivity index (χ1n) is 6.35. The third-order valence-corrected chi connectivity index (χ3v) is 3.74. The van der Waals surface area contributed by atoms with Gasteiger partial charge in [0.05, 0.1) is 11.3 Å². The molecule has 2 rings (SSSR count). The van der Waals surface area contributed by atoms with Crippen molar-refractivity contribution in [2.24, 2.45) is 5.41 Å². The molecule has 0 radical (unpaired) electrons. The summed E-state index contributed by atoms with van der Waals surface area (Å²) in [6.45, 7) is 8.31. The van der Waals surface area contributed by atoms with Crippen molar-refractivity contribution in [1.82, 2.24) is 4.98 Å². The second kappa shape index (κ2) is 4.59. The highest BCUT2D eigenvalue weighted by atomic mass is 16.4. The van der Waals surface area contributed by atoms with E-state index in [4.69, 9.17) is 5.11 Å². The molecular formula is C14H20N2O2. The minimum absolute atomic E-state index is 0.288. The van der Waals surface area contributed by atoms with Gasteiger partial charge in [-0.15, -0.1) is 0 Å². The van der Waals surface area contributed by atoms with Gasteiger partial charge in [0.1, 0.15) is 5.82 Å². The van der Waals surface area contributed by atoms with Crippen LogP contribution < -0.4 is 4.90 Å². The van der Waals surface area contributed by atoms with Crippen LogP contribution in [-0.4, -0.2) is 29.1 Å². The van der Waals surface area contributed by atoms with Gasteiger partial charge in [0, 0.05) is 13.1 Å². The molecule has 2 heterocycles. The summed E-state index contributed by atoms with van der Waals surface area (Å²) in [5, 5.41) is 8.98. The summed E-state index contributed by atoms with van der Waals surface area (Å²) in [6, 6.07) is 3.47. The maximum absolute atomic E-state index is 10.9. The van der Waals surface area contributed by atoms with Gasteiger partial charge >= 0.3 is 5.97 Å². The highest BCUT2D eigenvalue weighted by molar-refractivity contribution is 5.89. The summed E-state index contributed by atoms with van der Waals surface area (Å²) in [7, 11) is 0. The first-order chi connectivity index (χ1) is 8.39. The van der Waals surface area contributed by atoms with Crippen molar-refractivity contribution in [2.45, 2.75) is 33.6 Å². The minimum Gasteiger partial charge on any atom is -0.478 e. The standard InChI is InChI=1S/C14H20N2O2/c1-10-11(13(17)18)4-5-12(15-10)16-8-6-14(2,3)7-9-16/h4-5H,6-9H2,1-3H3,(H,17,18). The van der Waals surface area contributed by atoms with Crippen LogP contribution in [0.1, 0.15) is 42.7 Å². The third kappa shape index (κ3) is 2.63. The van der Waals surface area contributed by atoms with Crippen LogP contribution in [-0.2, 0) is 0 Å². The quantitative estimate of drug-likeness (QED) is 0.874. The monoisotopic (exact) mass is 248 g/mol. The average Bonchev–Trinajstić information content (AvgIpc) is 2.28. The number of anilines is 1. The maximum atomic E-state index is 10.9. The number of nitrogens with zero attached hydrogens (tertiary/aromatic N) is 2. The average molecular weight is 248 g/mol. The van der Waals surface area contributed by atoms with Crippen molar-refractivity contribution < 1.29 is 9.90 Å². The third-order valence-electron chi connectivity index (χ3n) is 3.74. The number of hydrogen-bond acceptors (Lipinski definition) is 3. The van der Waals surface area contributed by atoms with Crippen LogP contribution >= 0.6 is 0 Å². The fraction of sp³-hybridized carbons (Fsp3) is 0.571. The highest BCUT2D eigenvalue weighted by Gasteiger charge is 2.26. The fourth-order valence-corrected chi connectivity index (χ4v) is 2.29. The zero-order valence-corrected chi connectivity index (χ0v) is 11.2. The normalized spacial score (nSPS) is 18.7. The largest absolute Gasteiger partial charge is 0.478 e. The van der Waals surface area contributed by atoms with E-state index in [2.05, 4.69) is 23.7 Å². The van der Waals surface area contributed by atoms with Crippen LogP contribution in [0.25, 0.3) is 0 Å². The zero-order chi connectivity index (χ0) is 13.3. The van der Waals surface area contributed by atoms with E-state index in [0.717, 1.165) is 31.7 Å². The van der Waals surface area contributed by atoms with Crippen molar-refractivity contribution in [3.63, 3.8) is 0 Å². The molecule has 0 aliphatic carbocycles. The van der Waals surface area contributed by atoms with Gasteiger partial charge < -0.3 is 10.0 Å². The maximum Gasteiger partial charge on any atom is 0.337 e. The number of carboxylic acid groups (broad SMARTS) is 1. The Labute approximate surface area is 108 Å². The number of rotatable bonds is 2. The van der Waals surface area contributed by atoms with E-state index in [9.17, 15) is 4.79 Å². The van der Waals surface area contributed by atoms with Gasteiger partial charge in [0.2, 0.25) is 0 Å². The molecule has 0 unspecified atom stereocenters. The molecule has 0 aromatic carbocycles. The Kier molecular flexibility index (Phi) is 3.28. The SMILES string of the molecule is Cc1nc(N2CCC(C)(C)CC2)ccc1C(=O)O. The number of carbonyl (C=O) groups is 1. The van der Waals surface area contributed by atoms with Crippen molar-refractivity contribution in [3.8, 4) is 0 Å². The summed E-state index contributed by atoms with van der Waals surface area (Å²) in [5.74, 6) is -0.0145. The summed E-state index contributed by atoms with van der Waals surface area (Å²) in [5.41, 5.74) is 1.29. The molecule has 0 bridgehead atoms. The lowest BCUT2D eigenvalue weighted by Gasteiger charge is -2.37. The molecule has 1 aliphatic rings. The van der Waals surface area contributed by atoms with Crippen molar-refractivity contribution in [1.29, 1.82) is 0 Å². The Morgan fingerprint density at radius 2 is 1.94 bits per heavy atom. The molecule has 18 heavy (non-hydrogen) atoms. The van der Waals surface area contributed by atoms with E-state index in [1.54, 1.807) is 13.0 Å². The van der Waals surface area contributed by atoms with E-state index in [0.29, 0.717) is 11.1 Å². The zero-order valence-electron chi connectivity index (χ0n) is 11.2. The molecule has 1 saturated heterocycles. The van der Waals surface area contributed by atoms with Gasteiger partial charge in [0.15, 0.2) is 0 Å². The molecule has 0 amide bonds. The predicted molar refractivity (Wildman–Crippen MR) is 71.2 cm³/mol. The van der Waals surface area contributed by atoms with Crippen LogP contribution in [0.5, 0.6) is 0 Å². The smallest absolute Gasteiger partial charge is 0.337 e. The van der Waals surface area contributed by atoms with Gasteiger partial charge in [-0.3, -0.25) is 0 Å². The number of carboxylic acids is 1. The van der Waals surface area contributed by atoms with Crippen LogP contribution in [0, 0.1) is 12.3 Å². The topological polar surface area (TPSA) is 53.4 Å². The molecule has 1 N–H and O–H groups in total. The molecular weight excluding hydrogens is 228 g/mol. The number of piperidine rings is 1. The molecule has 1 aromatic heterocycles. The van der Waals surface area contributed by atoms with Crippen LogP contribution in [0.2, 0.25) is 0 Å². The van der Waals surface area contributed by atoms with Gasteiger partial charge in [-0.05, 0) is 37.3 Å². The number of hydrogen-bond donors (Lipinski definition) is 1. The molecule has 1 aliphatic heterocycles. The second-order valence-corrected chi connectivity index (χ2v) is 5.76. The Hall–Kier alpha value is -1.58. The van der Waals surface area contributed by atoms with Gasteiger partial charge in [-0.25, -0.2) is 9.78 Å². The summed E-state index contributed by atoms with van der Waals surface area (Å²) in [4.78, 5) is 17.6. The second-order valence-electron chi connectivity index (χ2n) is 5.76. The first-order valence-corrected chi connectivity index (χ1v) is 6.35. The van der Waals surface area contributed by atoms with Gasteiger partial charge in [-0.2, -0.15) is 0 Å². The number of aryl methyl sites for hydroxylation is 1. The van der Waals surface area contributed by atoms with Crippen molar-refractivity contribution >= 4 is 11.8 Å². The summed E-state index contributed by atoms with van der Waals surface area (Å²) in [6.07, 6.45) is 2.29. The van der Waals surface area contributed by atoms with Crippen LogP contribution in [0.3, 0.4) is 0 Å². The summed E-state index contributed by atoms with van der Waals surface area (Å²) >= 11 is 0. The van der Waals surface area contributed by atoms with E-state index in [-0.39, 0.29) is 5.56 Å². The molecule has 0 spiro atoms. The number of pyridine rings is 1. The Balaban J connectivity index is 2.16. The number of aromatic nitrogens is 1. The molecule has 1 fully saturated rings. The van der Waals surface area contributed by atoms with Crippen molar-refractivity contribution in [2.75, 3.05) is 18.0 Å². The lowest BCUT2D eigenvalue weighted by Crippen LogP contribution is -2.37. The fourth-order valence-electron chi connectivity index (χ4n) is 2.29. The van der Waals surface area contributed by atoms with E-state index in [1.807, 2.05) is 6.07 Å².